The number of nitrogens with one attached hydrogen (secondary N) is 2. The quantitative estimate of drug-likeness (QED) is 0.742. The smallest absolute Gasteiger partial charge is 0.242 e. The van der Waals surface area contributed by atoms with Gasteiger partial charge in [0.25, 0.3) is 0 Å². The summed E-state index contributed by atoms with van der Waals surface area (Å²) < 4.78 is 26.5. The lowest BCUT2D eigenvalue weighted by Gasteiger charge is -2.14. The Bertz CT molecular complexity index is 622. The van der Waals surface area contributed by atoms with Gasteiger partial charge in [-0.2, -0.15) is 0 Å². The molecule has 1 fully saturated rings. The van der Waals surface area contributed by atoms with E-state index in [0.717, 1.165) is 0 Å². The largest absolute Gasteiger partial charge is 0.399 e. The Morgan fingerprint density at radius 3 is 2.15 bits per heavy atom. The molecule has 1 saturated carbocycles. The van der Waals surface area contributed by atoms with Crippen molar-refractivity contribution in [2.75, 3.05) is 18.1 Å². The highest BCUT2D eigenvalue weighted by atomic mass is 32.2. The second-order valence-electron chi connectivity index (χ2n) is 6.48. The Morgan fingerprint density at radius 2 is 1.70 bits per heavy atom. The van der Waals surface area contributed by atoms with Crippen molar-refractivity contribution in [1.29, 1.82) is 0 Å². The summed E-state index contributed by atoms with van der Waals surface area (Å²) in [6.07, 6.45) is 0. The van der Waals surface area contributed by atoms with E-state index < -0.39 is 10.0 Å². The molecule has 0 atom stereocenters. The maximum Gasteiger partial charge on any atom is 0.242 e. The fourth-order valence-corrected chi connectivity index (χ4v) is 3.63. The Kier molecular flexibility index (Phi) is 3.30. The lowest BCUT2D eigenvalue weighted by molar-refractivity contribution is 0.457. The van der Waals surface area contributed by atoms with Crippen molar-refractivity contribution in [1.82, 2.24) is 4.72 Å². The molecule has 1 aliphatic rings. The summed E-state index contributed by atoms with van der Waals surface area (Å²) in [7, 11) is -2.14. The lowest BCUT2D eigenvalue weighted by atomic mass is 10.0. The van der Waals surface area contributed by atoms with Crippen LogP contribution < -0.4 is 15.8 Å². The van der Waals surface area contributed by atoms with Crippen LogP contribution in [0.4, 0.5) is 11.4 Å². The number of nitrogens with two attached hydrogens (primary N) is 1. The van der Waals surface area contributed by atoms with Crippen molar-refractivity contribution in [2.45, 2.75) is 38.6 Å². The predicted molar refractivity (Wildman–Crippen MR) is 82.1 cm³/mol. The highest BCUT2D eigenvalue weighted by Crippen LogP contribution is 2.63. The molecule has 0 spiro atoms. The van der Waals surface area contributed by atoms with E-state index in [1.807, 2.05) is 0 Å². The van der Waals surface area contributed by atoms with E-state index in [0.29, 0.717) is 11.4 Å². The average Bonchev–Trinajstić information content (AvgIpc) is 2.73. The SMILES string of the molecule is CNS(=O)(=O)c1cc(N)ccc1NC1C(C)(C)C1(C)C. The van der Waals surface area contributed by atoms with E-state index in [4.69, 9.17) is 5.73 Å². The van der Waals surface area contributed by atoms with Gasteiger partial charge in [-0.3, -0.25) is 0 Å². The fraction of sp³-hybridized carbons (Fsp3) is 0.571. The van der Waals surface area contributed by atoms with Crippen LogP contribution in [-0.4, -0.2) is 21.5 Å². The van der Waals surface area contributed by atoms with Gasteiger partial charge in [0, 0.05) is 11.7 Å². The van der Waals surface area contributed by atoms with Gasteiger partial charge in [-0.05, 0) is 36.1 Å². The number of sulfonamides is 1. The summed E-state index contributed by atoms with van der Waals surface area (Å²) in [5.74, 6) is 0. The molecule has 1 aromatic rings. The maximum atomic E-state index is 12.1. The zero-order chi connectivity index (χ0) is 15.3. The van der Waals surface area contributed by atoms with Gasteiger partial charge in [-0.25, -0.2) is 13.1 Å². The van der Waals surface area contributed by atoms with Crippen molar-refractivity contribution in [3.8, 4) is 0 Å². The first kappa shape index (κ1) is 15.1. The van der Waals surface area contributed by atoms with Crippen molar-refractivity contribution in [3.05, 3.63) is 18.2 Å². The summed E-state index contributed by atoms with van der Waals surface area (Å²) in [4.78, 5) is 0.193. The van der Waals surface area contributed by atoms with E-state index in [2.05, 4.69) is 37.7 Å². The zero-order valence-corrected chi connectivity index (χ0v) is 13.4. The van der Waals surface area contributed by atoms with Crippen LogP contribution in [-0.2, 0) is 10.0 Å². The molecular formula is C14H23N3O2S. The summed E-state index contributed by atoms with van der Waals surface area (Å²) in [5, 5.41) is 3.36. The standard InChI is InChI=1S/C14H23N3O2S/c1-13(2)12(14(13,3)4)17-10-7-6-9(15)8-11(10)20(18,19)16-5/h6-8,12,16-17H,15H2,1-5H3. The third kappa shape index (κ3) is 2.16. The van der Waals surface area contributed by atoms with Gasteiger partial charge >= 0.3 is 0 Å². The molecule has 1 aromatic carbocycles. The van der Waals surface area contributed by atoms with Gasteiger partial charge in [0.1, 0.15) is 4.90 Å². The van der Waals surface area contributed by atoms with Crippen LogP contribution in [0.25, 0.3) is 0 Å². The number of hydrogen-bond donors (Lipinski definition) is 3. The van der Waals surface area contributed by atoms with Crippen LogP contribution in [0.1, 0.15) is 27.7 Å². The molecule has 112 valence electrons. The summed E-state index contributed by atoms with van der Waals surface area (Å²) in [5.41, 5.74) is 6.98. The average molecular weight is 297 g/mol. The molecule has 0 radical (unpaired) electrons. The van der Waals surface area contributed by atoms with Crippen molar-refractivity contribution in [2.24, 2.45) is 10.8 Å². The van der Waals surface area contributed by atoms with Gasteiger partial charge < -0.3 is 11.1 Å². The van der Waals surface area contributed by atoms with E-state index in [9.17, 15) is 8.42 Å². The molecule has 2 rings (SSSR count). The van der Waals surface area contributed by atoms with Gasteiger partial charge in [0.2, 0.25) is 10.0 Å². The normalized spacial score (nSPS) is 20.6. The third-order valence-electron chi connectivity index (χ3n) is 4.88. The molecule has 1 aliphatic carbocycles. The van der Waals surface area contributed by atoms with Crippen molar-refractivity contribution in [3.63, 3.8) is 0 Å². The minimum absolute atomic E-state index is 0.120. The summed E-state index contributed by atoms with van der Waals surface area (Å²) >= 11 is 0. The second-order valence-corrected chi connectivity index (χ2v) is 8.34. The minimum Gasteiger partial charge on any atom is -0.399 e. The molecule has 20 heavy (non-hydrogen) atoms. The van der Waals surface area contributed by atoms with Gasteiger partial charge in [0.15, 0.2) is 0 Å². The predicted octanol–water partition coefficient (Wildman–Crippen LogP) is 2.02. The van der Waals surface area contributed by atoms with Crippen LogP contribution in [0.2, 0.25) is 0 Å². The first-order valence-electron chi connectivity index (χ1n) is 6.63. The molecule has 6 heteroatoms. The Labute approximate surface area is 121 Å². The summed E-state index contributed by atoms with van der Waals surface area (Å²) in [6.45, 7) is 8.70. The first-order valence-corrected chi connectivity index (χ1v) is 8.12. The highest BCUT2D eigenvalue weighted by molar-refractivity contribution is 7.89. The topological polar surface area (TPSA) is 84.2 Å². The monoisotopic (exact) mass is 297 g/mol. The Morgan fingerprint density at radius 1 is 1.15 bits per heavy atom. The molecule has 0 heterocycles. The molecule has 5 nitrogen and oxygen atoms in total. The minimum atomic E-state index is -3.54. The summed E-state index contributed by atoms with van der Waals surface area (Å²) in [6, 6.07) is 5.14. The van der Waals surface area contributed by atoms with Gasteiger partial charge in [0.05, 0.1) is 5.69 Å². The van der Waals surface area contributed by atoms with Crippen molar-refractivity contribution < 1.29 is 8.42 Å². The Balaban J connectivity index is 2.40. The number of anilines is 2. The fourth-order valence-electron chi connectivity index (χ4n) is 2.70. The number of benzene rings is 1. The molecule has 0 saturated heterocycles. The first-order chi connectivity index (χ1) is 9.04. The van der Waals surface area contributed by atoms with E-state index in [-0.39, 0.29) is 21.8 Å². The molecule has 0 amide bonds. The van der Waals surface area contributed by atoms with Crippen LogP contribution in [0.3, 0.4) is 0 Å². The van der Waals surface area contributed by atoms with E-state index >= 15 is 0 Å². The zero-order valence-electron chi connectivity index (χ0n) is 12.6. The van der Waals surface area contributed by atoms with Crippen LogP contribution in [0.5, 0.6) is 0 Å². The van der Waals surface area contributed by atoms with Gasteiger partial charge in [-0.15, -0.1) is 0 Å². The number of hydrogen-bond acceptors (Lipinski definition) is 4. The molecule has 0 bridgehead atoms. The van der Waals surface area contributed by atoms with Crippen LogP contribution >= 0.6 is 0 Å². The molecule has 4 N–H and O–H groups in total. The highest BCUT2D eigenvalue weighted by Gasteiger charge is 2.65. The maximum absolute atomic E-state index is 12.1. The van der Waals surface area contributed by atoms with Crippen molar-refractivity contribution >= 4 is 21.4 Å². The third-order valence-corrected chi connectivity index (χ3v) is 6.34. The Hall–Kier alpha value is -1.27. The van der Waals surface area contributed by atoms with Gasteiger partial charge in [-0.1, -0.05) is 27.7 Å². The number of nitrogen functional groups attached to an aromatic ring is 1. The molecule has 0 unspecified atom stereocenters. The second kappa shape index (κ2) is 4.36. The molecule has 0 aliphatic heterocycles. The van der Waals surface area contributed by atoms with E-state index in [1.54, 1.807) is 12.1 Å². The molecule has 0 aromatic heterocycles. The van der Waals surface area contributed by atoms with Crippen LogP contribution in [0, 0.1) is 10.8 Å². The van der Waals surface area contributed by atoms with Crippen LogP contribution in [0.15, 0.2) is 23.1 Å². The van der Waals surface area contributed by atoms with E-state index in [1.165, 1.54) is 13.1 Å². The molecular weight excluding hydrogens is 274 g/mol. The number of rotatable bonds is 4. The lowest BCUT2D eigenvalue weighted by Crippen LogP contribution is -2.21.